The normalized spacial score (nSPS) is 22.2. The first-order valence-corrected chi connectivity index (χ1v) is 15.7. The number of hydrogen-bond acceptors (Lipinski definition) is 8. The second-order valence-electron chi connectivity index (χ2n) is 13.2. The average Bonchev–Trinajstić information content (AvgIpc) is 3.42. The summed E-state index contributed by atoms with van der Waals surface area (Å²) in [5.41, 5.74) is -2.98. The Morgan fingerprint density at radius 1 is 1.07 bits per heavy atom. The van der Waals surface area contributed by atoms with Crippen molar-refractivity contribution in [3.05, 3.63) is 29.2 Å². The average molecular weight is 593 g/mol. The van der Waals surface area contributed by atoms with Gasteiger partial charge < -0.3 is 19.9 Å². The fourth-order valence-electron chi connectivity index (χ4n) is 5.53. The number of nitrogens with one attached hydrogen (secondary N) is 2. The number of carbonyl (C=O) groups excluding carboxylic acids is 2. The number of carbonyl (C=O) groups is 2. The zero-order valence-corrected chi connectivity index (χ0v) is 26.4. The largest absolute Gasteiger partial charge is 0.457 e. The van der Waals surface area contributed by atoms with E-state index in [1.807, 2.05) is 48.5 Å². The Balaban J connectivity index is 1.85. The van der Waals surface area contributed by atoms with Gasteiger partial charge >= 0.3 is 7.12 Å². The van der Waals surface area contributed by atoms with Crippen molar-refractivity contribution in [2.75, 3.05) is 13.1 Å². The van der Waals surface area contributed by atoms with Crippen LogP contribution >= 0.6 is 0 Å². The first kappa shape index (κ1) is 33.2. The number of amides is 2. The van der Waals surface area contributed by atoms with E-state index in [-0.39, 0.29) is 42.6 Å². The number of hydrogen-bond donors (Lipinski definition) is 2. The van der Waals surface area contributed by atoms with Crippen LogP contribution in [-0.4, -0.2) is 67.0 Å². The summed E-state index contributed by atoms with van der Waals surface area (Å²) in [5.74, 6) is -1.23. The summed E-state index contributed by atoms with van der Waals surface area (Å²) in [7, 11) is -4.44. The summed E-state index contributed by atoms with van der Waals surface area (Å²) >= 11 is 0. The van der Waals surface area contributed by atoms with Crippen LogP contribution in [0.5, 0.6) is 0 Å². The molecule has 228 valence electrons. The van der Waals surface area contributed by atoms with Crippen LogP contribution in [0.1, 0.15) is 81.1 Å². The van der Waals surface area contributed by atoms with Crippen molar-refractivity contribution in [2.24, 2.45) is 11.1 Å². The topological polar surface area (TPSA) is 143 Å². The SMILES string of the molecule is CC(=O)NC(CCCCB1OC(C)(C)C(C)(C)O1)(C(=O)NC(C)(C)C)C1CCN(S(=O)(=O)c2ccccc2N=O)C1. The van der Waals surface area contributed by atoms with E-state index in [1.54, 1.807) is 6.07 Å². The van der Waals surface area contributed by atoms with Crippen molar-refractivity contribution in [3.63, 3.8) is 0 Å². The lowest BCUT2D eigenvalue weighted by molar-refractivity contribution is -0.137. The molecule has 0 bridgehead atoms. The maximum absolute atomic E-state index is 14.0. The summed E-state index contributed by atoms with van der Waals surface area (Å²) in [5, 5.41) is 8.85. The van der Waals surface area contributed by atoms with Gasteiger partial charge in [-0.05, 0) is 84.9 Å². The van der Waals surface area contributed by atoms with Crippen LogP contribution in [0.4, 0.5) is 5.69 Å². The number of unbranched alkanes of at least 4 members (excludes halogenated alkanes) is 1. The van der Waals surface area contributed by atoms with Crippen molar-refractivity contribution in [2.45, 2.75) is 115 Å². The molecule has 2 heterocycles. The minimum atomic E-state index is -4.06. The van der Waals surface area contributed by atoms with Crippen molar-refractivity contribution in [1.82, 2.24) is 14.9 Å². The second-order valence-corrected chi connectivity index (χ2v) is 15.1. The van der Waals surface area contributed by atoms with Gasteiger partial charge in [0.15, 0.2) is 0 Å². The third-order valence-corrected chi connectivity index (χ3v) is 10.2. The number of rotatable bonds is 11. The fraction of sp³-hybridized carbons (Fsp3) is 0.714. The van der Waals surface area contributed by atoms with E-state index in [0.29, 0.717) is 32.0 Å². The Kier molecular flexibility index (Phi) is 9.79. The first-order valence-electron chi connectivity index (χ1n) is 14.2. The van der Waals surface area contributed by atoms with Crippen LogP contribution in [0.3, 0.4) is 0 Å². The highest BCUT2D eigenvalue weighted by Crippen LogP contribution is 2.40. The standard InChI is InChI=1S/C28H45BN4O7S/c1-20(34)30-28(24(35)31-25(2,3)4,16-11-12-17-29-39-26(5,6)27(7,8)40-29)21-15-18-33(19-21)41(37,38)23-14-10-9-13-22(23)32-36/h9-10,13-14,21H,11-12,15-19H2,1-8H3,(H,30,34)(H,31,35). The lowest BCUT2D eigenvalue weighted by Gasteiger charge is -2.40. The molecule has 11 nitrogen and oxygen atoms in total. The van der Waals surface area contributed by atoms with E-state index in [9.17, 15) is 22.9 Å². The van der Waals surface area contributed by atoms with E-state index in [1.165, 1.54) is 29.4 Å². The zero-order chi connectivity index (χ0) is 30.9. The van der Waals surface area contributed by atoms with Crippen molar-refractivity contribution in [3.8, 4) is 0 Å². The van der Waals surface area contributed by atoms with Gasteiger partial charge in [0, 0.05) is 31.5 Å². The molecule has 0 aromatic heterocycles. The third-order valence-electron chi connectivity index (χ3n) is 8.29. The van der Waals surface area contributed by atoms with Gasteiger partial charge in [-0.2, -0.15) is 4.31 Å². The molecule has 3 rings (SSSR count). The Bertz CT molecular complexity index is 1230. The number of benzene rings is 1. The summed E-state index contributed by atoms with van der Waals surface area (Å²) in [6.45, 7) is 15.1. The maximum atomic E-state index is 14.0. The molecule has 0 spiro atoms. The highest BCUT2D eigenvalue weighted by atomic mass is 32.2. The maximum Gasteiger partial charge on any atom is 0.457 e. The lowest BCUT2D eigenvalue weighted by atomic mass is 9.75. The van der Waals surface area contributed by atoms with Crippen molar-refractivity contribution >= 4 is 34.6 Å². The molecule has 13 heteroatoms. The number of sulfonamides is 1. The molecule has 0 radical (unpaired) electrons. The van der Waals surface area contributed by atoms with Crippen LogP contribution in [0.15, 0.2) is 34.3 Å². The van der Waals surface area contributed by atoms with Gasteiger partial charge in [0.05, 0.1) is 11.2 Å². The monoisotopic (exact) mass is 592 g/mol. The van der Waals surface area contributed by atoms with Crippen LogP contribution in [-0.2, 0) is 28.9 Å². The molecule has 2 aliphatic rings. The third kappa shape index (κ3) is 7.36. The molecule has 2 fully saturated rings. The lowest BCUT2D eigenvalue weighted by Crippen LogP contribution is -2.65. The van der Waals surface area contributed by atoms with E-state index in [2.05, 4.69) is 15.8 Å². The molecule has 2 N–H and O–H groups in total. The first-order chi connectivity index (χ1) is 18.8. The van der Waals surface area contributed by atoms with Crippen molar-refractivity contribution in [1.29, 1.82) is 0 Å². The van der Waals surface area contributed by atoms with Gasteiger partial charge in [-0.25, -0.2) is 8.42 Å². The predicted molar refractivity (Wildman–Crippen MR) is 158 cm³/mol. The molecule has 0 aliphatic carbocycles. The molecular weight excluding hydrogens is 547 g/mol. The molecule has 2 aliphatic heterocycles. The zero-order valence-electron chi connectivity index (χ0n) is 25.6. The summed E-state index contributed by atoms with van der Waals surface area (Å²) in [6.07, 6.45) is 2.52. The minimum absolute atomic E-state index is 0.00456. The Labute approximate surface area is 244 Å². The highest BCUT2D eigenvalue weighted by Gasteiger charge is 2.52. The van der Waals surface area contributed by atoms with Crippen LogP contribution in [0.2, 0.25) is 6.32 Å². The molecule has 2 saturated heterocycles. The van der Waals surface area contributed by atoms with Gasteiger partial charge in [-0.3, -0.25) is 9.59 Å². The predicted octanol–water partition coefficient (Wildman–Crippen LogP) is 4.15. The summed E-state index contributed by atoms with van der Waals surface area (Å²) in [6, 6.07) is 5.78. The van der Waals surface area contributed by atoms with E-state index in [0.717, 1.165) is 0 Å². The van der Waals surface area contributed by atoms with Gasteiger partial charge in [0.2, 0.25) is 21.8 Å². The number of nitrogens with zero attached hydrogens (tertiary/aromatic N) is 2. The van der Waals surface area contributed by atoms with Crippen LogP contribution < -0.4 is 10.6 Å². The number of nitroso groups, excluding NO2 is 1. The molecule has 1 aromatic rings. The quantitative estimate of drug-likeness (QED) is 0.223. The molecule has 0 saturated carbocycles. The molecular formula is C28H45BN4O7S. The molecule has 41 heavy (non-hydrogen) atoms. The Morgan fingerprint density at radius 2 is 1.68 bits per heavy atom. The summed E-state index contributed by atoms with van der Waals surface area (Å²) in [4.78, 5) is 37.6. The van der Waals surface area contributed by atoms with E-state index >= 15 is 0 Å². The second kappa shape index (κ2) is 12.1. The van der Waals surface area contributed by atoms with Crippen molar-refractivity contribution < 1.29 is 27.3 Å². The molecule has 2 amide bonds. The smallest absolute Gasteiger partial charge is 0.403 e. The summed E-state index contributed by atoms with van der Waals surface area (Å²) < 4.78 is 40.6. The van der Waals surface area contributed by atoms with Gasteiger partial charge in [0.1, 0.15) is 16.1 Å². The highest BCUT2D eigenvalue weighted by molar-refractivity contribution is 7.89. The molecule has 2 atom stereocenters. The Morgan fingerprint density at radius 3 is 2.24 bits per heavy atom. The minimum Gasteiger partial charge on any atom is -0.403 e. The van der Waals surface area contributed by atoms with Gasteiger partial charge in [-0.1, -0.05) is 25.0 Å². The van der Waals surface area contributed by atoms with Gasteiger partial charge in [-0.15, -0.1) is 4.91 Å². The van der Waals surface area contributed by atoms with Crippen LogP contribution in [0, 0.1) is 10.8 Å². The van der Waals surface area contributed by atoms with E-state index < -0.39 is 38.2 Å². The Hall–Kier alpha value is -2.35. The fourth-order valence-corrected chi connectivity index (χ4v) is 7.15. The molecule has 2 unspecified atom stereocenters. The van der Waals surface area contributed by atoms with Crippen LogP contribution in [0.25, 0.3) is 0 Å². The molecule has 1 aromatic carbocycles. The van der Waals surface area contributed by atoms with Gasteiger partial charge in [0.25, 0.3) is 0 Å². The van der Waals surface area contributed by atoms with E-state index in [4.69, 9.17) is 9.31 Å².